The highest BCUT2D eigenvalue weighted by Gasteiger charge is 2.15. The molecule has 1 rings (SSSR count). The summed E-state index contributed by atoms with van der Waals surface area (Å²) in [4.78, 5) is 25.0. The maximum Gasteiger partial charge on any atom is 0.325 e. The van der Waals surface area contributed by atoms with Gasteiger partial charge in [0.05, 0.1) is 6.61 Å². The van der Waals surface area contributed by atoms with E-state index in [-0.39, 0.29) is 18.6 Å². The van der Waals surface area contributed by atoms with E-state index in [9.17, 15) is 9.59 Å². The molecule has 0 aliphatic carbocycles. The molecule has 1 heterocycles. The highest BCUT2D eigenvalue weighted by Crippen LogP contribution is 2.08. The van der Waals surface area contributed by atoms with Gasteiger partial charge in [-0.2, -0.15) is 0 Å². The third-order valence-corrected chi connectivity index (χ3v) is 3.06. The number of likely N-dealkylation sites (tertiary alicyclic amines) is 1. The van der Waals surface area contributed by atoms with Crippen LogP contribution in [-0.4, -0.2) is 55.7 Å². The number of amides is 2. The van der Waals surface area contributed by atoms with Crippen LogP contribution in [0.1, 0.15) is 33.1 Å². The van der Waals surface area contributed by atoms with Gasteiger partial charge < -0.3 is 20.3 Å². The Hall–Kier alpha value is -1.30. The van der Waals surface area contributed by atoms with E-state index in [2.05, 4.69) is 15.5 Å². The summed E-state index contributed by atoms with van der Waals surface area (Å²) in [5.41, 5.74) is 0. The predicted molar refractivity (Wildman–Crippen MR) is 72.9 cm³/mol. The van der Waals surface area contributed by atoms with Gasteiger partial charge in [0.1, 0.15) is 6.54 Å². The van der Waals surface area contributed by atoms with Crippen molar-refractivity contribution in [1.82, 2.24) is 15.5 Å². The van der Waals surface area contributed by atoms with E-state index in [0.29, 0.717) is 6.61 Å². The van der Waals surface area contributed by atoms with Crippen LogP contribution in [0, 0.1) is 0 Å². The molecule has 1 aliphatic heterocycles. The molecule has 110 valence electrons. The average Bonchev–Trinajstić information content (AvgIpc) is 2.38. The third kappa shape index (κ3) is 7.00. The van der Waals surface area contributed by atoms with Crippen LogP contribution in [0.3, 0.4) is 0 Å². The van der Waals surface area contributed by atoms with Gasteiger partial charge in [-0.05, 0) is 39.8 Å². The molecule has 0 aromatic rings. The molecule has 0 aromatic heterocycles. The van der Waals surface area contributed by atoms with Crippen molar-refractivity contribution in [2.75, 3.05) is 32.8 Å². The number of hydrogen-bond donors (Lipinski definition) is 2. The summed E-state index contributed by atoms with van der Waals surface area (Å²) in [6, 6.07) is -0.252. The first-order valence-corrected chi connectivity index (χ1v) is 7.04. The summed E-state index contributed by atoms with van der Waals surface area (Å²) in [5.74, 6) is -0.415. The number of hydrogen-bond acceptors (Lipinski definition) is 4. The average molecular weight is 271 g/mol. The van der Waals surface area contributed by atoms with Crippen molar-refractivity contribution in [2.24, 2.45) is 0 Å². The predicted octanol–water partition coefficient (Wildman–Crippen LogP) is 0.723. The number of urea groups is 1. The minimum atomic E-state index is -0.415. The van der Waals surface area contributed by atoms with E-state index >= 15 is 0 Å². The van der Waals surface area contributed by atoms with Gasteiger partial charge in [0.2, 0.25) is 0 Å². The van der Waals surface area contributed by atoms with Gasteiger partial charge in [0.15, 0.2) is 0 Å². The Balaban J connectivity index is 2.14. The summed E-state index contributed by atoms with van der Waals surface area (Å²) in [5, 5.41) is 5.32. The largest absolute Gasteiger partial charge is 0.465 e. The lowest BCUT2D eigenvalue weighted by Gasteiger charge is -2.29. The number of ether oxygens (including phenoxy) is 1. The number of carbonyl (C=O) groups is 2. The Morgan fingerprint density at radius 3 is 2.58 bits per heavy atom. The normalized spacial score (nSPS) is 17.6. The van der Waals surface area contributed by atoms with Crippen molar-refractivity contribution in [3.63, 3.8) is 0 Å². The molecule has 6 nitrogen and oxygen atoms in total. The zero-order valence-corrected chi connectivity index (χ0v) is 11.9. The smallest absolute Gasteiger partial charge is 0.325 e. The highest BCUT2D eigenvalue weighted by molar-refractivity contribution is 5.80. The quantitative estimate of drug-likeness (QED) is 0.698. The maximum absolute atomic E-state index is 11.6. The number of piperidine rings is 1. The highest BCUT2D eigenvalue weighted by atomic mass is 16.5. The lowest BCUT2D eigenvalue weighted by molar-refractivity contribution is -0.141. The second kappa shape index (κ2) is 8.74. The van der Waals surface area contributed by atoms with Crippen LogP contribution in [-0.2, 0) is 9.53 Å². The molecular weight excluding hydrogens is 246 g/mol. The topological polar surface area (TPSA) is 70.7 Å². The molecule has 1 atom stereocenters. The van der Waals surface area contributed by atoms with E-state index in [1.165, 1.54) is 19.3 Å². The van der Waals surface area contributed by atoms with E-state index in [0.717, 1.165) is 19.6 Å². The number of nitrogens with zero attached hydrogens (tertiary/aromatic N) is 1. The van der Waals surface area contributed by atoms with Gasteiger partial charge in [0.25, 0.3) is 0 Å². The Labute approximate surface area is 114 Å². The van der Waals surface area contributed by atoms with Crippen molar-refractivity contribution in [1.29, 1.82) is 0 Å². The first-order valence-electron chi connectivity index (χ1n) is 7.04. The summed E-state index contributed by atoms with van der Waals surface area (Å²) in [6.07, 6.45) is 3.78. The summed E-state index contributed by atoms with van der Waals surface area (Å²) in [6.45, 7) is 7.01. The number of nitrogens with one attached hydrogen (secondary N) is 2. The molecule has 0 aromatic carbocycles. The Morgan fingerprint density at radius 1 is 1.26 bits per heavy atom. The minimum absolute atomic E-state index is 0.0697. The molecule has 1 fully saturated rings. The van der Waals surface area contributed by atoms with Crippen molar-refractivity contribution in [3.05, 3.63) is 0 Å². The first kappa shape index (κ1) is 15.8. The maximum atomic E-state index is 11.6. The summed E-state index contributed by atoms with van der Waals surface area (Å²) in [7, 11) is 0. The van der Waals surface area contributed by atoms with Crippen molar-refractivity contribution >= 4 is 12.0 Å². The Bertz CT molecular complexity index is 291. The molecule has 1 aliphatic rings. The van der Waals surface area contributed by atoms with Gasteiger partial charge in [-0.15, -0.1) is 0 Å². The van der Waals surface area contributed by atoms with Gasteiger partial charge in [-0.1, -0.05) is 6.42 Å². The standard InChI is InChI=1S/C13H25N3O3/c1-3-19-12(17)9-14-13(18)15-11(2)10-16-7-5-4-6-8-16/h11H,3-10H2,1-2H3,(H2,14,15,18). The number of rotatable bonds is 6. The van der Waals surface area contributed by atoms with E-state index in [1.54, 1.807) is 6.92 Å². The fraction of sp³-hybridized carbons (Fsp3) is 0.846. The number of carbonyl (C=O) groups excluding carboxylic acids is 2. The van der Waals surface area contributed by atoms with Crippen LogP contribution in [0.2, 0.25) is 0 Å². The molecule has 6 heteroatoms. The molecule has 1 unspecified atom stereocenters. The fourth-order valence-corrected chi connectivity index (χ4v) is 2.21. The van der Waals surface area contributed by atoms with E-state index in [1.807, 2.05) is 6.92 Å². The zero-order chi connectivity index (χ0) is 14.1. The monoisotopic (exact) mass is 271 g/mol. The molecule has 2 amide bonds. The Kier molecular flexibility index (Phi) is 7.25. The van der Waals surface area contributed by atoms with Crippen LogP contribution in [0.4, 0.5) is 4.79 Å². The van der Waals surface area contributed by atoms with Crippen LogP contribution >= 0.6 is 0 Å². The van der Waals surface area contributed by atoms with Gasteiger partial charge in [-0.25, -0.2) is 4.79 Å². The summed E-state index contributed by atoms with van der Waals surface area (Å²) >= 11 is 0. The zero-order valence-electron chi connectivity index (χ0n) is 11.9. The second-order valence-electron chi connectivity index (χ2n) is 4.89. The lowest BCUT2D eigenvalue weighted by atomic mass is 10.1. The molecule has 0 spiro atoms. The lowest BCUT2D eigenvalue weighted by Crippen LogP contribution is -2.48. The van der Waals surface area contributed by atoms with E-state index in [4.69, 9.17) is 4.74 Å². The van der Waals surface area contributed by atoms with Crippen LogP contribution in [0.15, 0.2) is 0 Å². The fourth-order valence-electron chi connectivity index (χ4n) is 2.21. The van der Waals surface area contributed by atoms with Crippen molar-refractivity contribution in [3.8, 4) is 0 Å². The summed E-state index contributed by atoms with van der Waals surface area (Å²) < 4.78 is 4.73. The SMILES string of the molecule is CCOC(=O)CNC(=O)NC(C)CN1CCCCC1. The third-order valence-electron chi connectivity index (χ3n) is 3.06. The van der Waals surface area contributed by atoms with Crippen LogP contribution in [0.25, 0.3) is 0 Å². The molecule has 0 saturated carbocycles. The van der Waals surface area contributed by atoms with Crippen molar-refractivity contribution in [2.45, 2.75) is 39.2 Å². The van der Waals surface area contributed by atoms with E-state index < -0.39 is 5.97 Å². The van der Waals surface area contributed by atoms with Crippen LogP contribution < -0.4 is 10.6 Å². The molecule has 0 bridgehead atoms. The van der Waals surface area contributed by atoms with Crippen LogP contribution in [0.5, 0.6) is 0 Å². The Morgan fingerprint density at radius 2 is 1.95 bits per heavy atom. The van der Waals surface area contributed by atoms with Gasteiger partial charge in [-0.3, -0.25) is 4.79 Å². The van der Waals surface area contributed by atoms with Crippen molar-refractivity contribution < 1.29 is 14.3 Å². The molecule has 2 N–H and O–H groups in total. The molecule has 19 heavy (non-hydrogen) atoms. The van der Waals surface area contributed by atoms with Gasteiger partial charge in [0, 0.05) is 12.6 Å². The minimum Gasteiger partial charge on any atom is -0.465 e. The molecule has 0 radical (unpaired) electrons. The molecule has 1 saturated heterocycles. The number of esters is 1. The molecular formula is C13H25N3O3. The first-order chi connectivity index (χ1) is 9.11. The van der Waals surface area contributed by atoms with Gasteiger partial charge >= 0.3 is 12.0 Å². The second-order valence-corrected chi connectivity index (χ2v) is 4.89.